The third-order valence-electron chi connectivity index (χ3n) is 16.8. The van der Waals surface area contributed by atoms with Gasteiger partial charge in [-0.2, -0.15) is 0 Å². The largest absolute Gasteiger partial charge is 0.457 e. The lowest BCUT2D eigenvalue weighted by molar-refractivity contribution is 0.436. The van der Waals surface area contributed by atoms with Gasteiger partial charge in [-0.05, 0) is 133 Å². The van der Waals surface area contributed by atoms with Crippen molar-refractivity contribution in [1.82, 2.24) is 0 Å². The van der Waals surface area contributed by atoms with Gasteiger partial charge in [0, 0.05) is 39.2 Å². The van der Waals surface area contributed by atoms with Gasteiger partial charge in [-0.1, -0.05) is 224 Å². The van der Waals surface area contributed by atoms with Crippen LogP contribution in [0.1, 0.15) is 44.5 Å². The molecule has 0 saturated heterocycles. The molecule has 0 atom stereocenters. The van der Waals surface area contributed by atoms with E-state index in [0.29, 0.717) is 0 Å². The number of rotatable bonds is 6. The molecule has 12 aromatic rings. The van der Waals surface area contributed by atoms with Crippen LogP contribution in [-0.4, -0.2) is 0 Å². The second-order valence-electron chi connectivity index (χ2n) is 20.6. The van der Waals surface area contributed by atoms with Crippen molar-refractivity contribution in [2.75, 3.05) is 4.90 Å². The van der Waals surface area contributed by atoms with Gasteiger partial charge < -0.3 is 14.4 Å². The molecule has 0 unspecified atom stereocenters. The molecule has 4 aliphatic rings. The number of anilines is 3. The lowest BCUT2D eigenvalue weighted by Crippen LogP contribution is -2.32. The number of hydrogen-bond donors (Lipinski definition) is 0. The summed E-state index contributed by atoms with van der Waals surface area (Å²) in [5.74, 6) is 3.57. The fraction of sp³-hybridized carbons (Fsp3) is 0.0270. The van der Waals surface area contributed by atoms with E-state index in [1.807, 2.05) is 0 Å². The van der Waals surface area contributed by atoms with Crippen molar-refractivity contribution in [3.63, 3.8) is 0 Å². The van der Waals surface area contributed by atoms with E-state index in [0.717, 1.165) is 84.6 Å². The standard InChI is InChI=1S/C74H47NO2/c1-2-20-48(21-3-1)50-22-18-23-53(46-50)75(52-43-40-49(41-44-52)55-27-19-34-66-72(55)57-26-5-8-29-60(57)74(66)64-32-11-16-38-70(64)77-71-39-17-12-33-65(71)74)67-35-13-6-24-54(67)51-42-45-61-58(47-51)56-25-4-7-28-59(56)73(61)62-30-9-14-36-68(62)76-69-37-15-10-31-63(69)73/h1-47H. The van der Waals surface area contributed by atoms with E-state index < -0.39 is 10.8 Å². The van der Waals surface area contributed by atoms with Crippen LogP contribution >= 0.6 is 0 Å². The zero-order valence-electron chi connectivity index (χ0n) is 41.9. The van der Waals surface area contributed by atoms with Crippen LogP contribution in [0.4, 0.5) is 17.1 Å². The normalized spacial score (nSPS) is 13.9. The number of ether oxygens (including phenoxy) is 2. The Bertz CT molecular complexity index is 4270. The fourth-order valence-electron chi connectivity index (χ4n) is 13.8. The lowest BCUT2D eigenvalue weighted by Gasteiger charge is -2.39. The minimum Gasteiger partial charge on any atom is -0.457 e. The van der Waals surface area contributed by atoms with E-state index in [-0.39, 0.29) is 0 Å². The quantitative estimate of drug-likeness (QED) is 0.166. The lowest BCUT2D eigenvalue weighted by atomic mass is 9.66. The highest BCUT2D eigenvalue weighted by Gasteiger charge is 2.53. The number of para-hydroxylation sites is 5. The van der Waals surface area contributed by atoms with E-state index in [9.17, 15) is 0 Å². The van der Waals surface area contributed by atoms with Crippen LogP contribution in [-0.2, 0) is 10.8 Å². The van der Waals surface area contributed by atoms with Crippen molar-refractivity contribution >= 4 is 17.1 Å². The minimum absolute atomic E-state index is 0.539. The molecule has 360 valence electrons. The Balaban J connectivity index is 0.865. The second-order valence-corrected chi connectivity index (χ2v) is 20.6. The fourth-order valence-corrected chi connectivity index (χ4v) is 13.8. The number of hydrogen-bond acceptors (Lipinski definition) is 3. The summed E-state index contributed by atoms with van der Waals surface area (Å²) in [5, 5.41) is 0. The number of nitrogens with zero attached hydrogens (tertiary/aromatic N) is 1. The minimum atomic E-state index is -0.544. The van der Waals surface area contributed by atoms with Gasteiger partial charge in [-0.25, -0.2) is 0 Å². The summed E-state index contributed by atoms with van der Waals surface area (Å²) in [6.45, 7) is 0. The molecule has 16 rings (SSSR count). The summed E-state index contributed by atoms with van der Waals surface area (Å²) in [7, 11) is 0. The van der Waals surface area contributed by atoms with E-state index in [2.05, 4.69) is 290 Å². The Hall–Kier alpha value is -9.96. The molecule has 0 radical (unpaired) electrons. The highest BCUT2D eigenvalue weighted by Crippen LogP contribution is 2.65. The molecule has 0 aromatic heterocycles. The maximum absolute atomic E-state index is 6.66. The molecule has 2 aliphatic carbocycles. The molecule has 12 aromatic carbocycles. The molecule has 0 bridgehead atoms. The Kier molecular flexibility index (Phi) is 9.47. The first-order chi connectivity index (χ1) is 38.2. The Morgan fingerprint density at radius 2 is 0.675 bits per heavy atom. The summed E-state index contributed by atoms with van der Waals surface area (Å²) in [5.41, 5.74) is 23.8. The Morgan fingerprint density at radius 1 is 0.234 bits per heavy atom. The highest BCUT2D eigenvalue weighted by molar-refractivity contribution is 5.98. The molecular weight excluding hydrogens is 935 g/mol. The van der Waals surface area contributed by atoms with Gasteiger partial charge in [0.15, 0.2) is 0 Å². The second kappa shape index (κ2) is 16.8. The average molecular weight is 982 g/mol. The Labute approximate surface area is 448 Å². The summed E-state index contributed by atoms with van der Waals surface area (Å²) >= 11 is 0. The van der Waals surface area contributed by atoms with Crippen molar-refractivity contribution in [2.24, 2.45) is 0 Å². The molecule has 2 heterocycles. The molecule has 77 heavy (non-hydrogen) atoms. The monoisotopic (exact) mass is 981 g/mol. The van der Waals surface area contributed by atoms with Crippen LogP contribution in [0.5, 0.6) is 23.0 Å². The van der Waals surface area contributed by atoms with Gasteiger partial charge >= 0.3 is 0 Å². The molecule has 2 spiro atoms. The van der Waals surface area contributed by atoms with Crippen molar-refractivity contribution in [3.8, 4) is 78.6 Å². The molecule has 3 nitrogen and oxygen atoms in total. The molecule has 0 saturated carbocycles. The predicted octanol–water partition coefficient (Wildman–Crippen LogP) is 19.1. The molecule has 0 amide bonds. The van der Waals surface area contributed by atoms with Crippen molar-refractivity contribution < 1.29 is 9.47 Å². The molecule has 0 fully saturated rings. The molecular formula is C74H47NO2. The third-order valence-corrected chi connectivity index (χ3v) is 16.8. The summed E-state index contributed by atoms with van der Waals surface area (Å²) in [6.07, 6.45) is 0. The van der Waals surface area contributed by atoms with Gasteiger partial charge in [-0.3, -0.25) is 0 Å². The van der Waals surface area contributed by atoms with Crippen LogP contribution in [0, 0.1) is 0 Å². The van der Waals surface area contributed by atoms with E-state index in [1.165, 1.54) is 55.6 Å². The van der Waals surface area contributed by atoms with Crippen LogP contribution < -0.4 is 14.4 Å². The maximum Gasteiger partial charge on any atom is 0.132 e. The predicted molar refractivity (Wildman–Crippen MR) is 312 cm³/mol. The number of benzene rings is 12. The molecule has 3 heteroatoms. The first-order valence-electron chi connectivity index (χ1n) is 26.6. The zero-order valence-corrected chi connectivity index (χ0v) is 41.9. The van der Waals surface area contributed by atoms with E-state index in [1.54, 1.807) is 0 Å². The van der Waals surface area contributed by atoms with E-state index >= 15 is 0 Å². The van der Waals surface area contributed by atoms with Gasteiger partial charge in [0.25, 0.3) is 0 Å². The van der Waals surface area contributed by atoms with E-state index in [4.69, 9.17) is 9.47 Å². The van der Waals surface area contributed by atoms with Crippen LogP contribution in [0.3, 0.4) is 0 Å². The van der Waals surface area contributed by atoms with Crippen LogP contribution in [0.2, 0.25) is 0 Å². The number of fused-ring (bicyclic) bond motifs is 18. The van der Waals surface area contributed by atoms with Crippen molar-refractivity contribution in [1.29, 1.82) is 0 Å². The van der Waals surface area contributed by atoms with Crippen LogP contribution in [0.15, 0.2) is 285 Å². The van der Waals surface area contributed by atoms with Crippen molar-refractivity contribution in [3.05, 3.63) is 330 Å². The van der Waals surface area contributed by atoms with Gasteiger partial charge in [-0.15, -0.1) is 0 Å². The summed E-state index contributed by atoms with van der Waals surface area (Å²) in [6, 6.07) is 104. The van der Waals surface area contributed by atoms with Gasteiger partial charge in [0.05, 0.1) is 16.5 Å². The molecule has 0 N–H and O–H groups in total. The molecule has 2 aliphatic heterocycles. The smallest absolute Gasteiger partial charge is 0.132 e. The van der Waals surface area contributed by atoms with Crippen LogP contribution in [0.25, 0.3) is 55.6 Å². The average Bonchev–Trinajstić information content (AvgIpc) is 3.88. The van der Waals surface area contributed by atoms with Gasteiger partial charge in [0.2, 0.25) is 0 Å². The summed E-state index contributed by atoms with van der Waals surface area (Å²) < 4.78 is 13.3. The third kappa shape index (κ3) is 6.14. The zero-order chi connectivity index (χ0) is 50.7. The first-order valence-corrected chi connectivity index (χ1v) is 26.6. The Morgan fingerprint density at radius 3 is 1.31 bits per heavy atom. The topological polar surface area (TPSA) is 21.7 Å². The summed E-state index contributed by atoms with van der Waals surface area (Å²) in [4.78, 5) is 2.44. The van der Waals surface area contributed by atoms with Crippen molar-refractivity contribution in [2.45, 2.75) is 10.8 Å². The first kappa shape index (κ1) is 43.4. The maximum atomic E-state index is 6.66. The highest BCUT2D eigenvalue weighted by atomic mass is 16.5. The van der Waals surface area contributed by atoms with Gasteiger partial charge in [0.1, 0.15) is 23.0 Å². The SMILES string of the molecule is c1ccc(-c2cccc(N(c3ccc(-c4cccc5c4-c4ccccc4C54c5ccccc5Oc5ccccc54)cc3)c3ccccc3-c3ccc4c(c3)-c3ccccc3C43c4ccccc4Oc4ccccc43)c2)cc1.